The molecule has 30 heavy (non-hydrogen) atoms. The van der Waals surface area contributed by atoms with E-state index in [-0.39, 0.29) is 17.9 Å². The number of anilines is 1. The average molecular weight is 421 g/mol. The van der Waals surface area contributed by atoms with E-state index in [0.717, 1.165) is 40.4 Å². The normalized spacial score (nSPS) is 12.7. The van der Waals surface area contributed by atoms with E-state index < -0.39 is 0 Å². The molecule has 8 nitrogen and oxygen atoms in total. The molecule has 0 fully saturated rings. The van der Waals surface area contributed by atoms with Crippen molar-refractivity contribution in [2.75, 3.05) is 11.9 Å². The zero-order valence-electron chi connectivity index (χ0n) is 16.5. The number of rotatable bonds is 4. The Morgan fingerprint density at radius 2 is 2.17 bits per heavy atom. The zero-order valence-corrected chi connectivity index (χ0v) is 17.3. The van der Waals surface area contributed by atoms with Crippen LogP contribution in [0.15, 0.2) is 34.4 Å². The highest BCUT2D eigenvalue weighted by Crippen LogP contribution is 2.32. The molecule has 1 aliphatic heterocycles. The summed E-state index contributed by atoms with van der Waals surface area (Å²) in [6.07, 6.45) is 1.05. The van der Waals surface area contributed by atoms with Crippen LogP contribution >= 0.6 is 11.3 Å². The van der Waals surface area contributed by atoms with E-state index in [9.17, 15) is 9.59 Å². The van der Waals surface area contributed by atoms with Crippen molar-refractivity contribution in [2.45, 2.75) is 26.7 Å². The maximum atomic E-state index is 12.7. The van der Waals surface area contributed by atoms with Gasteiger partial charge in [-0.2, -0.15) is 0 Å². The average Bonchev–Trinajstić information content (AvgIpc) is 3.44. The number of ether oxygens (including phenoxy) is 1. The molecule has 152 valence electrons. The number of hydrogen-bond acceptors (Lipinski definition) is 6. The van der Waals surface area contributed by atoms with Crippen molar-refractivity contribution in [3.05, 3.63) is 62.5 Å². The van der Waals surface area contributed by atoms with Crippen molar-refractivity contribution in [2.24, 2.45) is 0 Å². The Morgan fingerprint density at radius 1 is 1.30 bits per heavy atom. The Bertz CT molecular complexity index is 1350. The molecular formula is C21H19N5O3S. The van der Waals surface area contributed by atoms with Crippen molar-refractivity contribution in [3.63, 3.8) is 0 Å². The van der Waals surface area contributed by atoms with Crippen LogP contribution in [0.4, 0.5) is 5.13 Å². The second kappa shape index (κ2) is 7.10. The molecule has 0 saturated heterocycles. The van der Waals surface area contributed by atoms with Crippen molar-refractivity contribution >= 4 is 28.0 Å². The highest BCUT2D eigenvalue weighted by atomic mass is 32.1. The fourth-order valence-corrected chi connectivity index (χ4v) is 4.48. The number of nitrogens with zero attached hydrogens (tertiary/aromatic N) is 3. The Hall–Kier alpha value is -3.46. The number of H-pyrrole nitrogens is 1. The number of thiazole rings is 1. The minimum atomic E-state index is -0.222. The van der Waals surface area contributed by atoms with Crippen LogP contribution in [-0.2, 0) is 17.6 Å². The highest BCUT2D eigenvalue weighted by Gasteiger charge is 2.17. The van der Waals surface area contributed by atoms with Gasteiger partial charge in [0.15, 0.2) is 10.8 Å². The number of carbonyl (C=O) groups excluding carboxylic acids is 1. The number of nitrogens with one attached hydrogen (secondary N) is 2. The van der Waals surface area contributed by atoms with Gasteiger partial charge < -0.3 is 10.1 Å². The summed E-state index contributed by atoms with van der Waals surface area (Å²) in [5, 5.41) is 8.06. The van der Waals surface area contributed by atoms with Gasteiger partial charge in [0.1, 0.15) is 5.75 Å². The number of aromatic amines is 1. The molecule has 1 aromatic carbocycles. The second-order valence-corrected chi connectivity index (χ2v) is 8.12. The SMILES string of the molecule is Cc1nc2cc(=O)[nH]n2c(C)c1CC(=O)Nc1nc(-c2ccc3c(c2)CCO3)cs1. The molecule has 1 amide bonds. The molecule has 4 aromatic rings. The van der Waals surface area contributed by atoms with Gasteiger partial charge in [-0.25, -0.2) is 14.5 Å². The molecule has 0 bridgehead atoms. The summed E-state index contributed by atoms with van der Waals surface area (Å²) in [7, 11) is 0. The number of fused-ring (bicyclic) bond motifs is 2. The molecule has 0 unspecified atom stereocenters. The number of carbonyl (C=O) groups is 1. The molecule has 4 heterocycles. The Kier molecular flexibility index (Phi) is 4.39. The van der Waals surface area contributed by atoms with Crippen molar-refractivity contribution in [3.8, 4) is 17.0 Å². The number of aromatic nitrogens is 4. The number of benzene rings is 1. The lowest BCUT2D eigenvalue weighted by atomic mass is 10.1. The Balaban J connectivity index is 1.34. The van der Waals surface area contributed by atoms with Crippen molar-refractivity contribution < 1.29 is 9.53 Å². The lowest BCUT2D eigenvalue weighted by Crippen LogP contribution is -2.17. The third-order valence-electron chi connectivity index (χ3n) is 5.28. The fraction of sp³-hybridized carbons (Fsp3) is 0.238. The van der Waals surface area contributed by atoms with E-state index in [4.69, 9.17) is 4.74 Å². The van der Waals surface area contributed by atoms with Gasteiger partial charge in [0.05, 0.1) is 18.7 Å². The van der Waals surface area contributed by atoms with E-state index in [1.807, 2.05) is 31.4 Å². The minimum absolute atomic E-state index is 0.145. The summed E-state index contributed by atoms with van der Waals surface area (Å²) >= 11 is 1.39. The minimum Gasteiger partial charge on any atom is -0.493 e. The molecule has 3 aromatic heterocycles. The highest BCUT2D eigenvalue weighted by molar-refractivity contribution is 7.14. The summed E-state index contributed by atoms with van der Waals surface area (Å²) in [6, 6.07) is 7.48. The van der Waals surface area contributed by atoms with Crippen LogP contribution in [-0.4, -0.2) is 32.1 Å². The van der Waals surface area contributed by atoms with Gasteiger partial charge in [0.2, 0.25) is 5.91 Å². The number of aryl methyl sites for hydroxylation is 2. The summed E-state index contributed by atoms with van der Waals surface area (Å²) in [4.78, 5) is 33.2. The molecule has 0 spiro atoms. The van der Waals surface area contributed by atoms with Gasteiger partial charge in [0, 0.05) is 40.4 Å². The quantitative estimate of drug-likeness (QED) is 0.528. The molecule has 0 atom stereocenters. The van der Waals surface area contributed by atoms with E-state index >= 15 is 0 Å². The van der Waals surface area contributed by atoms with E-state index in [2.05, 4.69) is 26.4 Å². The van der Waals surface area contributed by atoms with Crippen LogP contribution in [0.25, 0.3) is 16.9 Å². The van der Waals surface area contributed by atoms with Crippen molar-refractivity contribution in [1.29, 1.82) is 0 Å². The predicted molar refractivity (Wildman–Crippen MR) is 114 cm³/mol. The van der Waals surface area contributed by atoms with Gasteiger partial charge >= 0.3 is 0 Å². The van der Waals surface area contributed by atoms with Crippen LogP contribution in [0.3, 0.4) is 0 Å². The fourth-order valence-electron chi connectivity index (χ4n) is 3.75. The van der Waals surface area contributed by atoms with Gasteiger partial charge in [0.25, 0.3) is 5.56 Å². The van der Waals surface area contributed by atoms with Crippen LogP contribution in [0.5, 0.6) is 5.75 Å². The summed E-state index contributed by atoms with van der Waals surface area (Å²) in [6.45, 7) is 4.42. The summed E-state index contributed by atoms with van der Waals surface area (Å²) < 4.78 is 7.16. The van der Waals surface area contributed by atoms with Crippen LogP contribution in [0.1, 0.15) is 22.5 Å². The lowest BCUT2D eigenvalue weighted by molar-refractivity contribution is -0.115. The maximum Gasteiger partial charge on any atom is 0.266 e. The molecule has 1 aliphatic rings. The molecule has 2 N–H and O–H groups in total. The molecular weight excluding hydrogens is 402 g/mol. The predicted octanol–water partition coefficient (Wildman–Crippen LogP) is 2.88. The van der Waals surface area contributed by atoms with Crippen LogP contribution < -0.4 is 15.6 Å². The zero-order chi connectivity index (χ0) is 20.8. The van der Waals surface area contributed by atoms with Gasteiger partial charge in [-0.05, 0) is 37.6 Å². The number of hydrogen-bond donors (Lipinski definition) is 2. The van der Waals surface area contributed by atoms with Gasteiger partial charge in [-0.3, -0.25) is 14.7 Å². The first-order valence-corrected chi connectivity index (χ1v) is 10.5. The van der Waals surface area contributed by atoms with E-state index in [0.29, 0.717) is 17.4 Å². The molecule has 9 heteroatoms. The lowest BCUT2D eigenvalue weighted by Gasteiger charge is -2.11. The van der Waals surface area contributed by atoms with Crippen molar-refractivity contribution in [1.82, 2.24) is 19.6 Å². The maximum absolute atomic E-state index is 12.7. The van der Waals surface area contributed by atoms with Crippen LogP contribution in [0, 0.1) is 13.8 Å². The second-order valence-electron chi connectivity index (χ2n) is 7.26. The number of amides is 1. The van der Waals surface area contributed by atoms with Crippen LogP contribution in [0.2, 0.25) is 0 Å². The standard InChI is InChI=1S/C21H19N5O3S/c1-11-15(12(2)26-18(22-11)9-20(28)25-26)8-19(27)24-21-23-16(10-30-21)13-3-4-17-14(7-13)5-6-29-17/h3-4,7,9-10H,5-6,8H2,1-2H3,(H,25,28)(H,23,24,27). The largest absolute Gasteiger partial charge is 0.493 e. The van der Waals surface area contributed by atoms with E-state index in [1.165, 1.54) is 23.0 Å². The van der Waals surface area contributed by atoms with E-state index in [1.54, 1.807) is 4.52 Å². The smallest absolute Gasteiger partial charge is 0.266 e. The molecule has 0 radical (unpaired) electrons. The Labute approximate surface area is 175 Å². The molecule has 5 rings (SSSR count). The third kappa shape index (κ3) is 3.26. The topological polar surface area (TPSA) is 101 Å². The van der Waals surface area contributed by atoms with Gasteiger partial charge in [-0.1, -0.05) is 0 Å². The first kappa shape index (κ1) is 18.6. The first-order chi connectivity index (χ1) is 14.5. The third-order valence-corrected chi connectivity index (χ3v) is 6.03. The Morgan fingerprint density at radius 3 is 3.03 bits per heavy atom. The summed E-state index contributed by atoms with van der Waals surface area (Å²) in [5.41, 5.74) is 5.63. The first-order valence-electron chi connectivity index (χ1n) is 9.57. The summed E-state index contributed by atoms with van der Waals surface area (Å²) in [5.74, 6) is 0.753. The van der Waals surface area contributed by atoms with Gasteiger partial charge in [-0.15, -0.1) is 11.3 Å². The monoisotopic (exact) mass is 421 g/mol. The molecule has 0 aliphatic carbocycles. The molecule has 0 saturated carbocycles.